The van der Waals surface area contributed by atoms with E-state index in [-0.39, 0.29) is 18.2 Å². The van der Waals surface area contributed by atoms with Gasteiger partial charge in [-0.3, -0.25) is 0 Å². The quantitative estimate of drug-likeness (QED) is 0.896. The Labute approximate surface area is 123 Å². The van der Waals surface area contributed by atoms with Crippen LogP contribution in [0.2, 0.25) is 0 Å². The molecule has 3 atom stereocenters. The Kier molecular flexibility index (Phi) is 3.77. The molecule has 2 aromatic heterocycles. The predicted molar refractivity (Wildman–Crippen MR) is 78.5 cm³/mol. The van der Waals surface area contributed by atoms with Crippen molar-refractivity contribution in [3.05, 3.63) is 17.6 Å². The zero-order chi connectivity index (χ0) is 15.0. The number of nitrogens with one attached hydrogen (secondary N) is 1. The Hall–Kier alpha value is -1.73. The largest absolute Gasteiger partial charge is 0.377 e. The zero-order valence-corrected chi connectivity index (χ0v) is 12.8. The van der Waals surface area contributed by atoms with Crippen LogP contribution in [0.1, 0.15) is 24.6 Å². The Balaban J connectivity index is 1.85. The highest BCUT2D eigenvalue weighted by Crippen LogP contribution is 2.31. The van der Waals surface area contributed by atoms with Gasteiger partial charge in [-0.2, -0.15) is 14.6 Å². The molecule has 0 radical (unpaired) electrons. The molecular formula is C14H21N5O2. The first-order chi connectivity index (χ1) is 10.2. The van der Waals surface area contributed by atoms with Crippen molar-refractivity contribution in [3.8, 4) is 0 Å². The van der Waals surface area contributed by atoms with Crippen LogP contribution in [-0.4, -0.2) is 51.5 Å². The van der Waals surface area contributed by atoms with Gasteiger partial charge in [0.1, 0.15) is 18.2 Å². The first-order valence-electron chi connectivity index (χ1n) is 7.23. The smallest absolute Gasteiger partial charge is 0.254 e. The summed E-state index contributed by atoms with van der Waals surface area (Å²) in [5.41, 5.74) is 2.02. The number of nitrogens with zero attached hydrogens (tertiary/aromatic N) is 4. The lowest BCUT2D eigenvalue weighted by atomic mass is 9.85. The van der Waals surface area contributed by atoms with E-state index in [1.54, 1.807) is 11.6 Å². The van der Waals surface area contributed by atoms with Gasteiger partial charge in [-0.05, 0) is 27.2 Å². The highest BCUT2D eigenvalue weighted by molar-refractivity contribution is 5.53. The van der Waals surface area contributed by atoms with Gasteiger partial charge in [-0.25, -0.2) is 4.98 Å². The van der Waals surface area contributed by atoms with Crippen molar-refractivity contribution in [1.82, 2.24) is 19.6 Å². The summed E-state index contributed by atoms with van der Waals surface area (Å²) in [6.07, 6.45) is 2.65. The number of ether oxygens (including phenoxy) is 2. The molecule has 2 heterocycles. The molecule has 3 unspecified atom stereocenters. The fourth-order valence-electron chi connectivity index (χ4n) is 2.79. The molecule has 0 spiro atoms. The van der Waals surface area contributed by atoms with E-state index >= 15 is 0 Å². The first-order valence-corrected chi connectivity index (χ1v) is 7.23. The van der Waals surface area contributed by atoms with E-state index in [0.717, 1.165) is 23.5 Å². The summed E-state index contributed by atoms with van der Waals surface area (Å²) in [6, 6.07) is 0.208. The maximum atomic E-state index is 5.66. The average Bonchev–Trinajstić information content (AvgIpc) is 2.89. The highest BCUT2D eigenvalue weighted by atomic mass is 16.5. The molecule has 1 saturated carbocycles. The molecule has 0 aliphatic heterocycles. The van der Waals surface area contributed by atoms with E-state index in [4.69, 9.17) is 9.47 Å². The van der Waals surface area contributed by atoms with Gasteiger partial charge in [0, 0.05) is 25.0 Å². The van der Waals surface area contributed by atoms with Crippen LogP contribution in [0, 0.1) is 13.8 Å². The number of aromatic nitrogens is 4. The summed E-state index contributed by atoms with van der Waals surface area (Å²) in [6.45, 7) is 6.72. The van der Waals surface area contributed by atoms with E-state index in [2.05, 4.69) is 20.4 Å². The Morgan fingerprint density at radius 3 is 2.95 bits per heavy atom. The van der Waals surface area contributed by atoms with E-state index in [1.807, 2.05) is 20.8 Å². The van der Waals surface area contributed by atoms with Gasteiger partial charge in [-0.15, -0.1) is 0 Å². The number of fused-ring (bicyclic) bond motifs is 1. The lowest BCUT2D eigenvalue weighted by Crippen LogP contribution is -2.57. The molecule has 0 bridgehead atoms. The third-order valence-electron chi connectivity index (χ3n) is 4.13. The highest BCUT2D eigenvalue weighted by Gasteiger charge is 2.42. The molecule has 2 aromatic rings. The minimum absolute atomic E-state index is 0.0522. The minimum Gasteiger partial charge on any atom is -0.377 e. The van der Waals surface area contributed by atoms with Gasteiger partial charge < -0.3 is 14.8 Å². The number of hydrogen-bond acceptors (Lipinski definition) is 6. The van der Waals surface area contributed by atoms with Crippen LogP contribution in [0.25, 0.3) is 5.78 Å². The molecule has 1 N–H and O–H groups in total. The summed E-state index contributed by atoms with van der Waals surface area (Å²) < 4.78 is 13.0. The summed E-state index contributed by atoms with van der Waals surface area (Å²) in [7, 11) is 1.72. The summed E-state index contributed by atoms with van der Waals surface area (Å²) in [4.78, 5) is 8.58. The van der Waals surface area contributed by atoms with Crippen LogP contribution in [0.15, 0.2) is 6.33 Å². The van der Waals surface area contributed by atoms with Crippen LogP contribution in [0.5, 0.6) is 0 Å². The molecule has 7 heteroatoms. The second-order valence-corrected chi connectivity index (χ2v) is 5.32. The number of methoxy groups -OCH3 is 1. The van der Waals surface area contributed by atoms with Crippen LogP contribution in [0.4, 0.5) is 5.82 Å². The van der Waals surface area contributed by atoms with Crippen molar-refractivity contribution in [2.45, 2.75) is 45.4 Å². The summed E-state index contributed by atoms with van der Waals surface area (Å²) in [5.74, 6) is 1.53. The zero-order valence-electron chi connectivity index (χ0n) is 12.8. The van der Waals surface area contributed by atoms with E-state index in [0.29, 0.717) is 12.4 Å². The van der Waals surface area contributed by atoms with Gasteiger partial charge in [0.05, 0.1) is 12.1 Å². The minimum atomic E-state index is 0.0522. The van der Waals surface area contributed by atoms with E-state index < -0.39 is 0 Å². The second-order valence-electron chi connectivity index (χ2n) is 5.32. The van der Waals surface area contributed by atoms with Gasteiger partial charge in [0.15, 0.2) is 0 Å². The fraction of sp³-hybridized carbons (Fsp3) is 0.643. The molecule has 0 saturated heterocycles. The SMILES string of the molecule is CCOC1CC(Nc2c(C)c(C)nc3ncnn23)C1OC. The Morgan fingerprint density at radius 1 is 1.43 bits per heavy atom. The maximum absolute atomic E-state index is 5.66. The number of hydrogen-bond donors (Lipinski definition) is 1. The van der Waals surface area contributed by atoms with E-state index in [1.165, 1.54) is 6.33 Å². The first kappa shape index (κ1) is 14.2. The van der Waals surface area contributed by atoms with Crippen molar-refractivity contribution in [3.63, 3.8) is 0 Å². The van der Waals surface area contributed by atoms with Crippen molar-refractivity contribution >= 4 is 11.6 Å². The normalized spacial score (nSPS) is 25.0. The third kappa shape index (κ3) is 2.36. The number of rotatable bonds is 5. The average molecular weight is 291 g/mol. The van der Waals surface area contributed by atoms with Crippen molar-refractivity contribution < 1.29 is 9.47 Å². The molecule has 114 valence electrons. The van der Waals surface area contributed by atoms with Gasteiger partial charge in [0.2, 0.25) is 0 Å². The van der Waals surface area contributed by atoms with Gasteiger partial charge >= 0.3 is 0 Å². The van der Waals surface area contributed by atoms with Crippen molar-refractivity contribution in [2.75, 3.05) is 19.0 Å². The topological polar surface area (TPSA) is 73.6 Å². The summed E-state index contributed by atoms with van der Waals surface area (Å²) >= 11 is 0. The Bertz CT molecular complexity index is 642. The predicted octanol–water partition coefficient (Wildman–Crippen LogP) is 1.35. The van der Waals surface area contributed by atoms with Gasteiger partial charge in [-0.1, -0.05) is 0 Å². The number of anilines is 1. The second kappa shape index (κ2) is 5.57. The third-order valence-corrected chi connectivity index (χ3v) is 4.13. The molecule has 21 heavy (non-hydrogen) atoms. The lowest BCUT2D eigenvalue weighted by molar-refractivity contribution is -0.118. The molecule has 1 aliphatic carbocycles. The fourth-order valence-corrected chi connectivity index (χ4v) is 2.79. The standard InChI is InChI=1S/C14H21N5O2/c1-5-21-11-6-10(12(11)20-4)18-13-8(2)9(3)17-14-15-7-16-19(13)14/h7,10-12,18H,5-6H2,1-4H3. The molecule has 7 nitrogen and oxygen atoms in total. The monoisotopic (exact) mass is 291 g/mol. The molecule has 0 aromatic carbocycles. The van der Waals surface area contributed by atoms with E-state index in [9.17, 15) is 0 Å². The molecular weight excluding hydrogens is 270 g/mol. The maximum Gasteiger partial charge on any atom is 0.254 e. The molecule has 1 aliphatic rings. The van der Waals surface area contributed by atoms with Crippen LogP contribution in [-0.2, 0) is 9.47 Å². The molecule has 0 amide bonds. The lowest BCUT2D eigenvalue weighted by Gasteiger charge is -2.43. The van der Waals surface area contributed by atoms with Crippen LogP contribution < -0.4 is 5.32 Å². The molecule has 1 fully saturated rings. The number of aryl methyl sites for hydroxylation is 1. The van der Waals surface area contributed by atoms with Gasteiger partial charge in [0.25, 0.3) is 5.78 Å². The van der Waals surface area contributed by atoms with Crippen molar-refractivity contribution in [1.29, 1.82) is 0 Å². The van der Waals surface area contributed by atoms with Crippen LogP contribution in [0.3, 0.4) is 0 Å². The molecule has 3 rings (SSSR count). The van der Waals surface area contributed by atoms with Crippen molar-refractivity contribution in [2.24, 2.45) is 0 Å². The Morgan fingerprint density at radius 2 is 2.24 bits per heavy atom. The summed E-state index contributed by atoms with van der Waals surface area (Å²) in [5, 5.41) is 7.77. The van der Waals surface area contributed by atoms with Crippen LogP contribution >= 0.6 is 0 Å².